The number of ether oxygens (including phenoxy) is 2. The van der Waals surface area contributed by atoms with Gasteiger partial charge >= 0.3 is 5.97 Å². The zero-order chi connectivity index (χ0) is 13.7. The molecule has 2 aliphatic heterocycles. The maximum atomic E-state index is 12.3. The second-order valence-corrected chi connectivity index (χ2v) is 6.37. The van der Waals surface area contributed by atoms with Gasteiger partial charge in [0.15, 0.2) is 5.54 Å². The first-order chi connectivity index (χ1) is 8.24. The molecule has 1 amide bonds. The molecule has 0 radical (unpaired) electrons. The first-order valence-corrected chi connectivity index (χ1v) is 6.27. The molecule has 18 heavy (non-hydrogen) atoms. The van der Waals surface area contributed by atoms with Crippen molar-refractivity contribution in [2.24, 2.45) is 11.3 Å². The van der Waals surface area contributed by atoms with Gasteiger partial charge in [0.1, 0.15) is 6.23 Å². The van der Waals surface area contributed by atoms with Gasteiger partial charge in [0, 0.05) is 11.3 Å². The molecule has 0 unspecified atom stereocenters. The van der Waals surface area contributed by atoms with Crippen LogP contribution in [0.3, 0.4) is 0 Å². The number of hydrogen-bond acceptors (Lipinski definition) is 4. The molecule has 0 aliphatic carbocycles. The number of methoxy groups -OCH3 is 1. The number of esters is 1. The molecule has 2 aliphatic rings. The van der Waals surface area contributed by atoms with Crippen LogP contribution in [0, 0.1) is 11.3 Å². The molecule has 0 bridgehead atoms. The van der Waals surface area contributed by atoms with Gasteiger partial charge in [-0.05, 0) is 6.42 Å². The Labute approximate surface area is 107 Å². The molecule has 5 nitrogen and oxygen atoms in total. The van der Waals surface area contributed by atoms with E-state index in [0.717, 1.165) is 0 Å². The number of amides is 1. The van der Waals surface area contributed by atoms with Gasteiger partial charge in [-0.15, -0.1) is 0 Å². The van der Waals surface area contributed by atoms with Crippen molar-refractivity contribution in [2.45, 2.75) is 45.9 Å². The number of hydrogen-bond donors (Lipinski definition) is 0. The average molecular weight is 255 g/mol. The van der Waals surface area contributed by atoms with Gasteiger partial charge in [-0.25, -0.2) is 4.79 Å². The highest BCUT2D eigenvalue weighted by Crippen LogP contribution is 2.46. The van der Waals surface area contributed by atoms with Crippen LogP contribution in [0.4, 0.5) is 0 Å². The Hall–Kier alpha value is -1.10. The summed E-state index contributed by atoms with van der Waals surface area (Å²) in [4.78, 5) is 26.0. The van der Waals surface area contributed by atoms with E-state index in [4.69, 9.17) is 9.47 Å². The molecule has 102 valence electrons. The van der Waals surface area contributed by atoms with Crippen molar-refractivity contribution in [1.29, 1.82) is 0 Å². The highest BCUT2D eigenvalue weighted by molar-refractivity contribution is 5.93. The highest BCUT2D eigenvalue weighted by atomic mass is 16.6. The molecular formula is C13H21NO4. The lowest BCUT2D eigenvalue weighted by atomic mass is 9.91. The summed E-state index contributed by atoms with van der Waals surface area (Å²) < 4.78 is 10.6. The SMILES string of the molecule is COC(=O)[C@@]12CO[C@@H](C(C)(C)C)N1C(=O)[C@H](C)C2. The third kappa shape index (κ3) is 1.64. The molecule has 2 rings (SSSR count). The molecule has 0 saturated carbocycles. The summed E-state index contributed by atoms with van der Waals surface area (Å²) in [7, 11) is 1.35. The first-order valence-electron chi connectivity index (χ1n) is 6.27. The summed E-state index contributed by atoms with van der Waals surface area (Å²) in [6.45, 7) is 8.09. The lowest BCUT2D eigenvalue weighted by molar-refractivity contribution is -0.158. The first kappa shape index (κ1) is 13.3. The molecular weight excluding hydrogens is 234 g/mol. The van der Waals surface area contributed by atoms with Crippen LogP contribution in [-0.2, 0) is 19.1 Å². The predicted molar refractivity (Wildman–Crippen MR) is 64.6 cm³/mol. The fourth-order valence-electron chi connectivity index (χ4n) is 2.97. The van der Waals surface area contributed by atoms with Crippen LogP contribution in [0.1, 0.15) is 34.1 Å². The third-order valence-corrected chi connectivity index (χ3v) is 3.78. The van der Waals surface area contributed by atoms with Gasteiger partial charge in [-0.1, -0.05) is 27.7 Å². The minimum atomic E-state index is -0.913. The second-order valence-electron chi connectivity index (χ2n) is 6.37. The monoisotopic (exact) mass is 255 g/mol. The van der Waals surface area contributed by atoms with Gasteiger partial charge in [0.25, 0.3) is 0 Å². The van der Waals surface area contributed by atoms with Gasteiger partial charge in [-0.2, -0.15) is 0 Å². The quantitative estimate of drug-likeness (QED) is 0.660. The Kier molecular flexibility index (Phi) is 2.93. The van der Waals surface area contributed by atoms with Crippen molar-refractivity contribution in [1.82, 2.24) is 4.90 Å². The van der Waals surface area contributed by atoms with Gasteiger partial charge in [-0.3, -0.25) is 9.69 Å². The Bertz CT molecular complexity index is 387. The van der Waals surface area contributed by atoms with Crippen molar-refractivity contribution in [3.8, 4) is 0 Å². The minimum absolute atomic E-state index is 0.0159. The smallest absolute Gasteiger partial charge is 0.334 e. The zero-order valence-electron chi connectivity index (χ0n) is 11.6. The van der Waals surface area contributed by atoms with Crippen molar-refractivity contribution in [3.63, 3.8) is 0 Å². The number of carbonyl (C=O) groups excluding carboxylic acids is 2. The summed E-state index contributed by atoms with van der Waals surface area (Å²) in [5.74, 6) is -0.539. The maximum Gasteiger partial charge on any atom is 0.334 e. The number of nitrogens with zero attached hydrogens (tertiary/aromatic N) is 1. The van der Waals surface area contributed by atoms with Crippen molar-refractivity contribution >= 4 is 11.9 Å². The lowest BCUT2D eigenvalue weighted by Crippen LogP contribution is -2.54. The molecule has 2 fully saturated rings. The molecule has 5 heteroatoms. The van der Waals surface area contributed by atoms with Gasteiger partial charge < -0.3 is 9.47 Å². The van der Waals surface area contributed by atoms with E-state index in [0.29, 0.717) is 6.42 Å². The molecule has 0 spiro atoms. The number of rotatable bonds is 1. The number of carbonyl (C=O) groups is 2. The Balaban J connectivity index is 2.42. The molecule has 0 N–H and O–H groups in total. The van der Waals surface area contributed by atoms with E-state index < -0.39 is 5.54 Å². The van der Waals surface area contributed by atoms with E-state index >= 15 is 0 Å². The molecule has 3 atom stereocenters. The number of fused-ring (bicyclic) bond motifs is 1. The van der Waals surface area contributed by atoms with Crippen LogP contribution in [0.25, 0.3) is 0 Å². The standard InChI is InChI=1S/C13H21NO4/c1-8-6-13(11(16)17-5)7-18-10(12(2,3)4)14(13)9(8)15/h8,10H,6-7H2,1-5H3/t8-,10+,13-/m1/s1. The minimum Gasteiger partial charge on any atom is -0.467 e. The van der Waals surface area contributed by atoms with Crippen LogP contribution in [0.5, 0.6) is 0 Å². The second kappa shape index (κ2) is 3.95. The fourth-order valence-corrected chi connectivity index (χ4v) is 2.97. The summed E-state index contributed by atoms with van der Waals surface area (Å²) in [5, 5.41) is 0. The Morgan fingerprint density at radius 2 is 2.11 bits per heavy atom. The summed E-state index contributed by atoms with van der Waals surface area (Å²) in [6, 6.07) is 0. The van der Waals surface area contributed by atoms with Crippen LogP contribution in [0.2, 0.25) is 0 Å². The topological polar surface area (TPSA) is 55.8 Å². The average Bonchev–Trinajstić information content (AvgIpc) is 2.76. The summed E-state index contributed by atoms with van der Waals surface area (Å²) >= 11 is 0. The third-order valence-electron chi connectivity index (χ3n) is 3.78. The maximum absolute atomic E-state index is 12.3. The van der Waals surface area contributed by atoms with Crippen molar-refractivity contribution in [3.05, 3.63) is 0 Å². The molecule has 0 aromatic heterocycles. The Morgan fingerprint density at radius 1 is 1.50 bits per heavy atom. The van der Waals surface area contributed by atoms with Crippen LogP contribution in [-0.4, -0.2) is 42.3 Å². The summed E-state index contributed by atoms with van der Waals surface area (Å²) in [6.07, 6.45) is 0.111. The normalized spacial score (nSPS) is 35.8. The van der Waals surface area contributed by atoms with Crippen LogP contribution < -0.4 is 0 Å². The lowest BCUT2D eigenvalue weighted by Gasteiger charge is -2.36. The van der Waals surface area contributed by atoms with Gasteiger partial charge in [0.05, 0.1) is 13.7 Å². The highest BCUT2D eigenvalue weighted by Gasteiger charge is 2.63. The largest absolute Gasteiger partial charge is 0.467 e. The van der Waals surface area contributed by atoms with E-state index in [1.165, 1.54) is 7.11 Å². The molecule has 0 aromatic carbocycles. The van der Waals surface area contributed by atoms with E-state index in [-0.39, 0.29) is 36.0 Å². The summed E-state index contributed by atoms with van der Waals surface area (Å²) in [5.41, 5.74) is -1.14. The molecule has 2 saturated heterocycles. The molecule has 2 heterocycles. The van der Waals surface area contributed by atoms with E-state index in [2.05, 4.69) is 0 Å². The van der Waals surface area contributed by atoms with E-state index in [9.17, 15) is 9.59 Å². The Morgan fingerprint density at radius 3 is 2.61 bits per heavy atom. The predicted octanol–water partition coefficient (Wildman–Crippen LogP) is 1.17. The van der Waals surface area contributed by atoms with Crippen LogP contribution in [0.15, 0.2) is 0 Å². The van der Waals surface area contributed by atoms with Crippen molar-refractivity contribution in [2.75, 3.05) is 13.7 Å². The molecule has 0 aromatic rings. The van der Waals surface area contributed by atoms with Crippen molar-refractivity contribution < 1.29 is 19.1 Å². The van der Waals surface area contributed by atoms with Gasteiger partial charge in [0.2, 0.25) is 5.91 Å². The van der Waals surface area contributed by atoms with Crippen LogP contribution >= 0.6 is 0 Å². The zero-order valence-corrected chi connectivity index (χ0v) is 11.6. The van der Waals surface area contributed by atoms with E-state index in [1.807, 2.05) is 27.7 Å². The van der Waals surface area contributed by atoms with E-state index in [1.54, 1.807) is 4.90 Å². The fraction of sp³-hybridized carbons (Fsp3) is 0.846.